The fourth-order valence-electron chi connectivity index (χ4n) is 4.01. The maximum absolute atomic E-state index is 12.9. The van der Waals surface area contributed by atoms with Gasteiger partial charge in [0.05, 0.1) is 12.6 Å². The standard InChI is InChI=1S/C22H26ClNO2/c1-3-26-21(25)22(16-19(22)14-15-23)24(2)20(17-10-6-4-7-11-17)18-12-8-5-9-13-18/h4-13,19-20H,3,14-16H2,1-2H3. The summed E-state index contributed by atoms with van der Waals surface area (Å²) in [5.41, 5.74) is 1.74. The van der Waals surface area contributed by atoms with Gasteiger partial charge in [0.15, 0.2) is 0 Å². The molecule has 0 aromatic heterocycles. The van der Waals surface area contributed by atoms with E-state index in [1.807, 2.05) is 50.4 Å². The number of ether oxygens (including phenoxy) is 1. The van der Waals surface area contributed by atoms with Gasteiger partial charge in [-0.05, 0) is 43.9 Å². The van der Waals surface area contributed by atoms with Gasteiger partial charge in [-0.2, -0.15) is 0 Å². The van der Waals surface area contributed by atoms with E-state index in [2.05, 4.69) is 29.2 Å². The van der Waals surface area contributed by atoms with Crippen molar-refractivity contribution in [3.05, 3.63) is 71.8 Å². The van der Waals surface area contributed by atoms with Gasteiger partial charge in [0.1, 0.15) is 5.54 Å². The van der Waals surface area contributed by atoms with Gasteiger partial charge >= 0.3 is 5.97 Å². The number of carbonyl (C=O) groups is 1. The third-order valence-electron chi connectivity index (χ3n) is 5.41. The minimum absolute atomic E-state index is 0.0119. The predicted octanol–water partition coefficient (Wildman–Crippen LogP) is 4.66. The van der Waals surface area contributed by atoms with Crippen LogP contribution in [0.4, 0.5) is 0 Å². The Morgan fingerprint density at radius 1 is 1.15 bits per heavy atom. The maximum atomic E-state index is 12.9. The zero-order chi connectivity index (χ0) is 18.6. The van der Waals surface area contributed by atoms with Gasteiger partial charge in [0.25, 0.3) is 0 Å². The second-order valence-electron chi connectivity index (χ2n) is 6.86. The average Bonchev–Trinajstić information content (AvgIpc) is 3.39. The number of nitrogens with zero attached hydrogens (tertiary/aromatic N) is 1. The Kier molecular flexibility index (Phi) is 6.00. The Hall–Kier alpha value is -1.84. The third-order valence-corrected chi connectivity index (χ3v) is 5.62. The molecule has 3 rings (SSSR count). The molecule has 1 aliphatic carbocycles. The van der Waals surface area contributed by atoms with Gasteiger partial charge in [-0.3, -0.25) is 9.69 Å². The van der Waals surface area contributed by atoms with Gasteiger partial charge in [-0.15, -0.1) is 11.6 Å². The monoisotopic (exact) mass is 371 g/mol. The lowest BCUT2D eigenvalue weighted by Gasteiger charge is -2.35. The molecule has 2 unspecified atom stereocenters. The minimum atomic E-state index is -0.596. The van der Waals surface area contributed by atoms with Crippen LogP contribution in [-0.2, 0) is 9.53 Å². The van der Waals surface area contributed by atoms with E-state index in [-0.39, 0.29) is 17.9 Å². The number of benzene rings is 2. The van der Waals surface area contributed by atoms with E-state index in [0.717, 1.165) is 12.8 Å². The topological polar surface area (TPSA) is 29.5 Å². The van der Waals surface area contributed by atoms with Crippen molar-refractivity contribution in [2.45, 2.75) is 31.3 Å². The van der Waals surface area contributed by atoms with Crippen LogP contribution in [0.2, 0.25) is 0 Å². The van der Waals surface area contributed by atoms with E-state index < -0.39 is 5.54 Å². The average molecular weight is 372 g/mol. The number of rotatable bonds is 8. The van der Waals surface area contributed by atoms with Crippen molar-refractivity contribution in [2.24, 2.45) is 5.92 Å². The van der Waals surface area contributed by atoms with Crippen LogP contribution in [0.1, 0.15) is 36.9 Å². The smallest absolute Gasteiger partial charge is 0.326 e. The first-order chi connectivity index (χ1) is 12.6. The van der Waals surface area contributed by atoms with Gasteiger partial charge in [0.2, 0.25) is 0 Å². The van der Waals surface area contributed by atoms with Gasteiger partial charge in [-0.1, -0.05) is 60.7 Å². The number of hydrogen-bond donors (Lipinski definition) is 0. The molecule has 0 N–H and O–H groups in total. The highest BCUT2D eigenvalue weighted by Gasteiger charge is 2.64. The van der Waals surface area contributed by atoms with Crippen LogP contribution in [0.15, 0.2) is 60.7 Å². The second-order valence-corrected chi connectivity index (χ2v) is 7.24. The van der Waals surface area contributed by atoms with E-state index in [4.69, 9.17) is 16.3 Å². The van der Waals surface area contributed by atoms with Gasteiger partial charge in [0, 0.05) is 5.88 Å². The fourth-order valence-corrected chi connectivity index (χ4v) is 4.28. The Labute approximate surface area is 160 Å². The number of likely N-dealkylation sites (N-methyl/N-ethyl adjacent to an activating group) is 1. The Morgan fingerprint density at radius 3 is 2.15 bits per heavy atom. The molecule has 0 spiro atoms. The molecule has 1 aliphatic rings. The van der Waals surface area contributed by atoms with Gasteiger partial charge < -0.3 is 4.74 Å². The van der Waals surface area contributed by atoms with Crippen LogP contribution in [0.25, 0.3) is 0 Å². The number of esters is 1. The largest absolute Gasteiger partial charge is 0.465 e. The zero-order valence-electron chi connectivity index (χ0n) is 15.4. The molecule has 0 heterocycles. The summed E-state index contributed by atoms with van der Waals surface area (Å²) in [7, 11) is 2.04. The molecule has 0 amide bonds. The Balaban J connectivity index is 2.01. The van der Waals surface area contributed by atoms with E-state index in [1.165, 1.54) is 11.1 Å². The van der Waals surface area contributed by atoms with Crippen molar-refractivity contribution in [2.75, 3.05) is 19.5 Å². The molecule has 138 valence electrons. The molecule has 2 aromatic carbocycles. The van der Waals surface area contributed by atoms with Crippen molar-refractivity contribution >= 4 is 17.6 Å². The quantitative estimate of drug-likeness (QED) is 0.499. The van der Waals surface area contributed by atoms with E-state index in [9.17, 15) is 4.79 Å². The van der Waals surface area contributed by atoms with Crippen molar-refractivity contribution in [1.82, 2.24) is 4.90 Å². The summed E-state index contributed by atoms with van der Waals surface area (Å²) in [4.78, 5) is 15.1. The first-order valence-corrected chi connectivity index (χ1v) is 9.74. The number of alkyl halides is 1. The molecule has 2 atom stereocenters. The van der Waals surface area contributed by atoms with Crippen molar-refractivity contribution < 1.29 is 9.53 Å². The summed E-state index contributed by atoms with van der Waals surface area (Å²) in [5, 5.41) is 0. The molecule has 3 nitrogen and oxygen atoms in total. The summed E-state index contributed by atoms with van der Waals surface area (Å²) in [6, 6.07) is 20.6. The van der Waals surface area contributed by atoms with E-state index in [0.29, 0.717) is 12.5 Å². The maximum Gasteiger partial charge on any atom is 0.326 e. The molecule has 26 heavy (non-hydrogen) atoms. The van der Waals surface area contributed by atoms with E-state index in [1.54, 1.807) is 0 Å². The summed E-state index contributed by atoms with van der Waals surface area (Å²) in [6.07, 6.45) is 1.62. The normalized spacial score (nSPS) is 21.8. The highest BCUT2D eigenvalue weighted by molar-refractivity contribution is 6.17. The van der Waals surface area contributed by atoms with Crippen LogP contribution >= 0.6 is 11.6 Å². The molecule has 2 aromatic rings. The SMILES string of the molecule is CCOC(=O)C1(N(C)C(c2ccccc2)c2ccccc2)CC1CCCl. The number of carbonyl (C=O) groups excluding carboxylic acids is 1. The summed E-state index contributed by atoms with van der Waals surface area (Å²) >= 11 is 5.99. The Morgan fingerprint density at radius 2 is 1.69 bits per heavy atom. The molecule has 4 heteroatoms. The van der Waals surface area contributed by atoms with Crippen molar-refractivity contribution in [3.8, 4) is 0 Å². The number of hydrogen-bond acceptors (Lipinski definition) is 3. The highest BCUT2D eigenvalue weighted by atomic mass is 35.5. The molecule has 0 bridgehead atoms. The van der Waals surface area contributed by atoms with Crippen LogP contribution in [0, 0.1) is 5.92 Å². The molecular weight excluding hydrogens is 346 g/mol. The summed E-state index contributed by atoms with van der Waals surface area (Å²) < 4.78 is 5.47. The first kappa shape index (κ1) is 18.9. The molecular formula is C22H26ClNO2. The lowest BCUT2D eigenvalue weighted by atomic mass is 9.94. The van der Waals surface area contributed by atoms with Crippen LogP contribution in [0.3, 0.4) is 0 Å². The predicted molar refractivity (Wildman–Crippen MR) is 105 cm³/mol. The third kappa shape index (κ3) is 3.51. The van der Waals surface area contributed by atoms with Crippen LogP contribution < -0.4 is 0 Å². The lowest BCUT2D eigenvalue weighted by Crippen LogP contribution is -2.46. The van der Waals surface area contributed by atoms with Gasteiger partial charge in [-0.25, -0.2) is 0 Å². The molecule has 0 aliphatic heterocycles. The summed E-state index contributed by atoms with van der Waals surface area (Å²) in [5.74, 6) is 0.662. The highest BCUT2D eigenvalue weighted by Crippen LogP contribution is 2.54. The lowest BCUT2D eigenvalue weighted by molar-refractivity contribution is -0.152. The molecule has 0 saturated heterocycles. The first-order valence-electron chi connectivity index (χ1n) is 9.21. The molecule has 0 radical (unpaired) electrons. The van der Waals surface area contributed by atoms with E-state index >= 15 is 0 Å². The van der Waals surface area contributed by atoms with Crippen molar-refractivity contribution in [1.29, 1.82) is 0 Å². The van der Waals surface area contributed by atoms with Crippen LogP contribution in [-0.4, -0.2) is 35.9 Å². The minimum Gasteiger partial charge on any atom is -0.465 e. The zero-order valence-corrected chi connectivity index (χ0v) is 16.2. The second kappa shape index (κ2) is 8.24. The molecule has 1 saturated carbocycles. The Bertz CT molecular complexity index is 682. The summed E-state index contributed by atoms with van der Waals surface area (Å²) in [6.45, 7) is 2.25. The number of halogens is 1. The molecule has 1 fully saturated rings. The van der Waals surface area contributed by atoms with Crippen LogP contribution in [0.5, 0.6) is 0 Å². The van der Waals surface area contributed by atoms with Crippen molar-refractivity contribution in [3.63, 3.8) is 0 Å². The fraction of sp³-hybridized carbons (Fsp3) is 0.409.